The largest absolute Gasteiger partial charge is 0.436 e. The lowest BCUT2D eigenvalue weighted by molar-refractivity contribution is 0.276. The van der Waals surface area contributed by atoms with Crippen molar-refractivity contribution in [3.05, 3.63) is 53.3 Å². The van der Waals surface area contributed by atoms with Crippen LogP contribution in [-0.2, 0) is 6.61 Å². The van der Waals surface area contributed by atoms with Crippen LogP contribution >= 0.6 is 0 Å². The molecule has 3 rings (SSSR count). The SMILES string of the molecule is Cc1ccc2oc(-c3ccc(F)c(CO)c3)nc2c1. The summed E-state index contributed by atoms with van der Waals surface area (Å²) in [6.07, 6.45) is 0. The van der Waals surface area contributed by atoms with Crippen molar-refractivity contribution in [3.8, 4) is 11.5 Å². The van der Waals surface area contributed by atoms with Gasteiger partial charge in [-0.25, -0.2) is 9.37 Å². The molecule has 0 amide bonds. The third kappa shape index (κ3) is 2.11. The fourth-order valence-corrected chi connectivity index (χ4v) is 1.99. The van der Waals surface area contributed by atoms with Gasteiger partial charge in [0.1, 0.15) is 11.3 Å². The Labute approximate surface area is 109 Å². The highest BCUT2D eigenvalue weighted by Crippen LogP contribution is 2.26. The summed E-state index contributed by atoms with van der Waals surface area (Å²) in [4.78, 5) is 4.38. The van der Waals surface area contributed by atoms with Gasteiger partial charge in [0.25, 0.3) is 0 Å². The second kappa shape index (κ2) is 4.48. The Morgan fingerprint density at radius 1 is 1.21 bits per heavy atom. The van der Waals surface area contributed by atoms with Crippen molar-refractivity contribution in [2.75, 3.05) is 0 Å². The molecule has 0 aliphatic rings. The van der Waals surface area contributed by atoms with Gasteiger partial charge in [-0.2, -0.15) is 0 Å². The first-order valence-corrected chi connectivity index (χ1v) is 5.94. The van der Waals surface area contributed by atoms with Crippen LogP contribution in [0.1, 0.15) is 11.1 Å². The monoisotopic (exact) mass is 257 g/mol. The van der Waals surface area contributed by atoms with Crippen molar-refractivity contribution in [2.45, 2.75) is 13.5 Å². The van der Waals surface area contributed by atoms with E-state index in [2.05, 4.69) is 4.98 Å². The predicted octanol–water partition coefficient (Wildman–Crippen LogP) is 3.43. The number of aliphatic hydroxyl groups excluding tert-OH is 1. The smallest absolute Gasteiger partial charge is 0.227 e. The van der Waals surface area contributed by atoms with E-state index in [-0.39, 0.29) is 12.2 Å². The second-order valence-electron chi connectivity index (χ2n) is 4.45. The summed E-state index contributed by atoms with van der Waals surface area (Å²) in [6.45, 7) is 1.63. The molecule has 1 N–H and O–H groups in total. The molecule has 96 valence electrons. The fourth-order valence-electron chi connectivity index (χ4n) is 1.99. The van der Waals surface area contributed by atoms with Crippen LogP contribution in [0.15, 0.2) is 40.8 Å². The van der Waals surface area contributed by atoms with E-state index in [4.69, 9.17) is 9.52 Å². The normalized spacial score (nSPS) is 11.1. The maximum Gasteiger partial charge on any atom is 0.227 e. The number of benzene rings is 2. The first-order valence-electron chi connectivity index (χ1n) is 5.94. The van der Waals surface area contributed by atoms with Crippen LogP contribution in [0.5, 0.6) is 0 Å². The van der Waals surface area contributed by atoms with Crippen LogP contribution in [-0.4, -0.2) is 10.1 Å². The number of fused-ring (bicyclic) bond motifs is 1. The first-order chi connectivity index (χ1) is 9.17. The van der Waals surface area contributed by atoms with E-state index in [0.717, 1.165) is 11.1 Å². The predicted molar refractivity (Wildman–Crippen MR) is 70.1 cm³/mol. The summed E-state index contributed by atoms with van der Waals surface area (Å²) in [6, 6.07) is 10.2. The Hall–Kier alpha value is -2.20. The molecule has 0 saturated heterocycles. The molecule has 0 aliphatic carbocycles. The lowest BCUT2D eigenvalue weighted by atomic mass is 10.1. The van der Waals surface area contributed by atoms with Crippen LogP contribution in [0.4, 0.5) is 4.39 Å². The summed E-state index contributed by atoms with van der Waals surface area (Å²) in [7, 11) is 0. The highest BCUT2D eigenvalue weighted by molar-refractivity contribution is 5.76. The number of aliphatic hydroxyl groups is 1. The molecule has 0 atom stereocenters. The van der Waals surface area contributed by atoms with Crippen molar-refractivity contribution in [3.63, 3.8) is 0 Å². The number of halogens is 1. The van der Waals surface area contributed by atoms with E-state index >= 15 is 0 Å². The Bertz CT molecular complexity index is 749. The molecule has 0 aliphatic heterocycles. The molecule has 0 unspecified atom stereocenters. The summed E-state index contributed by atoms with van der Waals surface area (Å²) < 4.78 is 19.0. The van der Waals surface area contributed by atoms with Crippen LogP contribution in [0.3, 0.4) is 0 Å². The van der Waals surface area contributed by atoms with Gasteiger partial charge in [0.05, 0.1) is 6.61 Å². The topological polar surface area (TPSA) is 46.3 Å². The van der Waals surface area contributed by atoms with E-state index < -0.39 is 5.82 Å². The molecular weight excluding hydrogens is 245 g/mol. The second-order valence-corrected chi connectivity index (χ2v) is 4.45. The van der Waals surface area contributed by atoms with Gasteiger partial charge in [-0.3, -0.25) is 0 Å². The average Bonchev–Trinajstić information content (AvgIpc) is 2.82. The molecule has 0 spiro atoms. The number of hydrogen-bond donors (Lipinski definition) is 1. The first kappa shape index (κ1) is 11.9. The standard InChI is InChI=1S/C15H12FNO2/c1-9-2-5-14-13(6-9)17-15(19-14)10-3-4-12(16)11(7-10)8-18/h2-7,18H,8H2,1H3. The average molecular weight is 257 g/mol. The molecule has 4 heteroatoms. The molecule has 3 aromatic rings. The Kier molecular flexibility index (Phi) is 2.80. The van der Waals surface area contributed by atoms with Crippen molar-refractivity contribution < 1.29 is 13.9 Å². The minimum absolute atomic E-state index is 0.232. The highest BCUT2D eigenvalue weighted by Gasteiger charge is 2.10. The van der Waals surface area contributed by atoms with Crippen molar-refractivity contribution in [2.24, 2.45) is 0 Å². The third-order valence-electron chi connectivity index (χ3n) is 3.01. The Balaban J connectivity index is 2.13. The molecule has 19 heavy (non-hydrogen) atoms. The third-order valence-corrected chi connectivity index (χ3v) is 3.01. The highest BCUT2D eigenvalue weighted by atomic mass is 19.1. The lowest BCUT2D eigenvalue weighted by Crippen LogP contribution is -1.90. The van der Waals surface area contributed by atoms with E-state index in [0.29, 0.717) is 17.0 Å². The van der Waals surface area contributed by atoms with Crippen LogP contribution in [0.2, 0.25) is 0 Å². The molecule has 0 saturated carbocycles. The van der Waals surface area contributed by atoms with Crippen LogP contribution < -0.4 is 0 Å². The minimum Gasteiger partial charge on any atom is -0.436 e. The molecule has 0 fully saturated rings. The molecule has 0 radical (unpaired) electrons. The molecule has 1 heterocycles. The van der Waals surface area contributed by atoms with Gasteiger partial charge in [0, 0.05) is 11.1 Å². The number of aryl methyl sites for hydroxylation is 1. The lowest BCUT2D eigenvalue weighted by Gasteiger charge is -2.00. The minimum atomic E-state index is -0.432. The zero-order valence-corrected chi connectivity index (χ0v) is 10.4. The summed E-state index contributed by atoms with van der Waals surface area (Å²) >= 11 is 0. The van der Waals surface area contributed by atoms with E-state index in [1.165, 1.54) is 6.07 Å². The summed E-state index contributed by atoms with van der Waals surface area (Å²) in [5.74, 6) is -0.00601. The van der Waals surface area contributed by atoms with Crippen molar-refractivity contribution in [1.29, 1.82) is 0 Å². The maximum atomic E-state index is 13.3. The van der Waals surface area contributed by atoms with Gasteiger partial charge >= 0.3 is 0 Å². The Morgan fingerprint density at radius 2 is 2.05 bits per heavy atom. The molecule has 3 nitrogen and oxygen atoms in total. The van der Waals surface area contributed by atoms with Gasteiger partial charge in [-0.1, -0.05) is 6.07 Å². The van der Waals surface area contributed by atoms with Crippen molar-refractivity contribution >= 4 is 11.1 Å². The fraction of sp³-hybridized carbons (Fsp3) is 0.133. The number of rotatable bonds is 2. The zero-order chi connectivity index (χ0) is 13.4. The van der Waals surface area contributed by atoms with Gasteiger partial charge in [-0.15, -0.1) is 0 Å². The maximum absolute atomic E-state index is 13.3. The van der Waals surface area contributed by atoms with E-state index in [1.54, 1.807) is 12.1 Å². The molecule has 1 aromatic heterocycles. The van der Waals surface area contributed by atoms with Crippen molar-refractivity contribution in [1.82, 2.24) is 4.98 Å². The van der Waals surface area contributed by atoms with E-state index in [1.807, 2.05) is 25.1 Å². The van der Waals surface area contributed by atoms with Crippen LogP contribution in [0, 0.1) is 12.7 Å². The zero-order valence-electron chi connectivity index (χ0n) is 10.4. The van der Waals surface area contributed by atoms with E-state index in [9.17, 15) is 4.39 Å². The van der Waals surface area contributed by atoms with Gasteiger partial charge in [0.2, 0.25) is 5.89 Å². The number of oxazole rings is 1. The quantitative estimate of drug-likeness (QED) is 0.765. The molecular formula is C15H12FNO2. The van der Waals surface area contributed by atoms with Gasteiger partial charge in [0.15, 0.2) is 5.58 Å². The van der Waals surface area contributed by atoms with Crippen LogP contribution in [0.25, 0.3) is 22.6 Å². The molecule has 2 aromatic carbocycles. The van der Waals surface area contributed by atoms with Gasteiger partial charge in [-0.05, 0) is 42.8 Å². The number of aromatic nitrogens is 1. The molecule has 0 bridgehead atoms. The number of hydrogen-bond acceptors (Lipinski definition) is 3. The van der Waals surface area contributed by atoms with Gasteiger partial charge < -0.3 is 9.52 Å². The number of nitrogens with zero attached hydrogens (tertiary/aromatic N) is 1. The Morgan fingerprint density at radius 3 is 2.84 bits per heavy atom. The summed E-state index contributed by atoms with van der Waals surface area (Å²) in [5, 5.41) is 9.07. The summed E-state index contributed by atoms with van der Waals surface area (Å²) in [5.41, 5.74) is 3.44.